The minimum absolute atomic E-state index is 0.0711. The minimum Gasteiger partial charge on any atom is -0.495 e. The summed E-state index contributed by atoms with van der Waals surface area (Å²) in [6.07, 6.45) is 0. The van der Waals surface area contributed by atoms with E-state index in [1.54, 1.807) is 4.89 Å². The molecule has 1 aromatic rings. The lowest BCUT2D eigenvalue weighted by Crippen LogP contribution is -2.23. The van der Waals surface area contributed by atoms with Crippen LogP contribution in [-0.4, -0.2) is 33.7 Å². The molecule has 0 amide bonds. The SMILES string of the molecule is CONS(=O)(=O)c1ccc(C(=O)O)cc1OC. The van der Waals surface area contributed by atoms with E-state index < -0.39 is 16.0 Å². The highest BCUT2D eigenvalue weighted by Crippen LogP contribution is 2.24. The van der Waals surface area contributed by atoms with E-state index in [0.29, 0.717) is 0 Å². The van der Waals surface area contributed by atoms with Crippen LogP contribution in [0.5, 0.6) is 5.75 Å². The Morgan fingerprint density at radius 2 is 2.00 bits per heavy atom. The molecule has 7 nitrogen and oxygen atoms in total. The molecule has 2 N–H and O–H groups in total. The van der Waals surface area contributed by atoms with Gasteiger partial charge in [-0.05, 0) is 18.2 Å². The van der Waals surface area contributed by atoms with Gasteiger partial charge < -0.3 is 9.84 Å². The lowest BCUT2D eigenvalue weighted by molar-refractivity contribution is 0.0696. The Kier molecular flexibility index (Phi) is 4.05. The first-order valence-corrected chi connectivity index (χ1v) is 5.87. The van der Waals surface area contributed by atoms with E-state index in [1.807, 2.05) is 0 Å². The van der Waals surface area contributed by atoms with Gasteiger partial charge in [0.05, 0.1) is 19.8 Å². The Morgan fingerprint density at radius 1 is 1.35 bits per heavy atom. The first kappa shape index (κ1) is 13.4. The van der Waals surface area contributed by atoms with Crippen molar-refractivity contribution in [2.45, 2.75) is 4.90 Å². The molecule has 1 aromatic carbocycles. The topological polar surface area (TPSA) is 102 Å². The monoisotopic (exact) mass is 261 g/mol. The Labute approximate surface area is 98.0 Å². The predicted octanol–water partition coefficient (Wildman–Crippen LogP) is 0.233. The molecule has 0 bridgehead atoms. The normalized spacial score (nSPS) is 11.2. The van der Waals surface area contributed by atoms with Crippen molar-refractivity contribution < 1.29 is 27.9 Å². The van der Waals surface area contributed by atoms with Gasteiger partial charge in [0.2, 0.25) is 0 Å². The number of hydrogen-bond donors (Lipinski definition) is 2. The highest BCUT2D eigenvalue weighted by molar-refractivity contribution is 7.89. The summed E-state index contributed by atoms with van der Waals surface area (Å²) in [6, 6.07) is 3.41. The Morgan fingerprint density at radius 3 is 2.47 bits per heavy atom. The summed E-state index contributed by atoms with van der Waals surface area (Å²) < 4.78 is 28.1. The molecule has 0 aliphatic carbocycles. The Bertz CT molecular complexity index is 524. The number of methoxy groups -OCH3 is 1. The van der Waals surface area contributed by atoms with Crippen molar-refractivity contribution in [3.63, 3.8) is 0 Å². The van der Waals surface area contributed by atoms with Crippen LogP contribution in [0.3, 0.4) is 0 Å². The molecule has 0 fully saturated rings. The third-order valence-electron chi connectivity index (χ3n) is 1.89. The summed E-state index contributed by atoms with van der Waals surface area (Å²) in [5.41, 5.74) is -0.0711. The highest BCUT2D eigenvalue weighted by Gasteiger charge is 2.20. The predicted molar refractivity (Wildman–Crippen MR) is 57.3 cm³/mol. The molecule has 0 radical (unpaired) electrons. The van der Waals surface area contributed by atoms with Gasteiger partial charge in [-0.2, -0.15) is 0 Å². The second kappa shape index (κ2) is 5.13. The van der Waals surface area contributed by atoms with Gasteiger partial charge in [-0.15, -0.1) is 0 Å². The molecule has 0 aliphatic heterocycles. The minimum atomic E-state index is -3.89. The van der Waals surface area contributed by atoms with E-state index in [4.69, 9.17) is 9.84 Å². The van der Waals surface area contributed by atoms with E-state index in [0.717, 1.165) is 25.3 Å². The number of sulfonamides is 1. The molecular formula is C9H11NO6S. The number of carbonyl (C=O) groups is 1. The maximum atomic E-state index is 11.6. The van der Waals surface area contributed by atoms with Gasteiger partial charge in [0, 0.05) is 0 Å². The molecule has 94 valence electrons. The fourth-order valence-corrected chi connectivity index (χ4v) is 2.14. The van der Waals surface area contributed by atoms with Gasteiger partial charge in [0.1, 0.15) is 10.6 Å². The second-order valence-electron chi connectivity index (χ2n) is 2.96. The molecule has 0 atom stereocenters. The maximum absolute atomic E-state index is 11.6. The molecule has 0 saturated heterocycles. The Hall–Kier alpha value is -1.64. The molecule has 0 unspecified atom stereocenters. The number of rotatable bonds is 5. The molecule has 0 aliphatic rings. The van der Waals surface area contributed by atoms with Crippen molar-refractivity contribution in [2.75, 3.05) is 14.2 Å². The first-order valence-electron chi connectivity index (χ1n) is 4.38. The molecule has 1 rings (SSSR count). The van der Waals surface area contributed by atoms with Crippen molar-refractivity contribution in [1.82, 2.24) is 4.89 Å². The molecule has 0 aromatic heterocycles. The summed E-state index contributed by atoms with van der Waals surface area (Å²) in [4.78, 5) is 16.6. The molecule has 8 heteroatoms. The lowest BCUT2D eigenvalue weighted by atomic mass is 10.2. The smallest absolute Gasteiger partial charge is 0.335 e. The van der Waals surface area contributed by atoms with Gasteiger partial charge in [0.15, 0.2) is 0 Å². The largest absolute Gasteiger partial charge is 0.495 e. The van der Waals surface area contributed by atoms with Crippen molar-refractivity contribution in [2.24, 2.45) is 0 Å². The zero-order chi connectivity index (χ0) is 13.1. The Balaban J connectivity index is 3.31. The fourth-order valence-electron chi connectivity index (χ4n) is 1.18. The zero-order valence-corrected chi connectivity index (χ0v) is 9.95. The van der Waals surface area contributed by atoms with E-state index in [1.165, 1.54) is 7.11 Å². The summed E-state index contributed by atoms with van der Waals surface area (Å²) in [5.74, 6) is -1.25. The van der Waals surface area contributed by atoms with Crippen LogP contribution < -0.4 is 9.62 Å². The second-order valence-corrected chi connectivity index (χ2v) is 4.58. The number of ether oxygens (including phenoxy) is 1. The fraction of sp³-hybridized carbons (Fsp3) is 0.222. The van der Waals surface area contributed by atoms with E-state index >= 15 is 0 Å². The van der Waals surface area contributed by atoms with Gasteiger partial charge in [0.25, 0.3) is 10.0 Å². The molecule has 0 saturated carbocycles. The maximum Gasteiger partial charge on any atom is 0.335 e. The van der Waals surface area contributed by atoms with E-state index in [-0.39, 0.29) is 16.2 Å². The number of carboxylic acids is 1. The van der Waals surface area contributed by atoms with Crippen LogP contribution in [0.1, 0.15) is 10.4 Å². The highest BCUT2D eigenvalue weighted by atomic mass is 32.2. The van der Waals surface area contributed by atoms with Crippen LogP contribution in [0.25, 0.3) is 0 Å². The summed E-state index contributed by atoms with van der Waals surface area (Å²) in [7, 11) is -1.49. The third-order valence-corrected chi connectivity index (χ3v) is 3.20. The lowest BCUT2D eigenvalue weighted by Gasteiger charge is -2.09. The van der Waals surface area contributed by atoms with E-state index in [9.17, 15) is 13.2 Å². The number of benzene rings is 1. The standard InChI is InChI=1S/C9H11NO6S/c1-15-7-5-6(9(11)12)3-4-8(7)17(13,14)10-16-2/h3-5,10H,1-2H3,(H,11,12). The molecule has 0 heterocycles. The van der Waals surface area contributed by atoms with Crippen LogP contribution in [0.2, 0.25) is 0 Å². The third kappa shape index (κ3) is 2.93. The van der Waals surface area contributed by atoms with Crippen molar-refractivity contribution in [3.05, 3.63) is 23.8 Å². The van der Waals surface area contributed by atoms with Gasteiger partial charge in [-0.25, -0.2) is 13.2 Å². The molecule has 17 heavy (non-hydrogen) atoms. The average molecular weight is 261 g/mol. The van der Waals surface area contributed by atoms with Crippen LogP contribution in [-0.2, 0) is 14.9 Å². The first-order chi connectivity index (χ1) is 7.92. The van der Waals surface area contributed by atoms with Crippen LogP contribution in [0, 0.1) is 0 Å². The van der Waals surface area contributed by atoms with Gasteiger partial charge >= 0.3 is 5.97 Å². The van der Waals surface area contributed by atoms with Crippen LogP contribution in [0.15, 0.2) is 23.1 Å². The number of nitrogens with one attached hydrogen (secondary N) is 1. The summed E-state index contributed by atoms with van der Waals surface area (Å²) >= 11 is 0. The van der Waals surface area contributed by atoms with Gasteiger partial charge in [-0.1, -0.05) is 4.89 Å². The quantitative estimate of drug-likeness (QED) is 0.736. The van der Waals surface area contributed by atoms with Crippen LogP contribution in [0.4, 0.5) is 0 Å². The number of carboxylic acid groups (broad SMARTS) is 1. The molecular weight excluding hydrogens is 250 g/mol. The number of aromatic carboxylic acids is 1. The molecule has 0 spiro atoms. The average Bonchev–Trinajstić information content (AvgIpc) is 2.28. The van der Waals surface area contributed by atoms with Crippen molar-refractivity contribution >= 4 is 16.0 Å². The summed E-state index contributed by atoms with van der Waals surface area (Å²) in [5, 5.41) is 8.76. The van der Waals surface area contributed by atoms with Crippen molar-refractivity contribution in [1.29, 1.82) is 0 Å². The summed E-state index contributed by atoms with van der Waals surface area (Å²) in [6.45, 7) is 0. The van der Waals surface area contributed by atoms with Crippen molar-refractivity contribution in [3.8, 4) is 5.75 Å². The van der Waals surface area contributed by atoms with E-state index in [2.05, 4.69) is 4.84 Å². The number of hydrogen-bond acceptors (Lipinski definition) is 5. The zero-order valence-electron chi connectivity index (χ0n) is 9.13. The van der Waals surface area contributed by atoms with Gasteiger partial charge in [-0.3, -0.25) is 4.84 Å². The van der Waals surface area contributed by atoms with Crippen LogP contribution >= 0.6 is 0 Å².